The number of hydrogen-bond donors (Lipinski definition) is 1. The van der Waals surface area contributed by atoms with Crippen molar-refractivity contribution in [3.63, 3.8) is 0 Å². The van der Waals surface area contributed by atoms with Gasteiger partial charge in [0.15, 0.2) is 0 Å². The van der Waals surface area contributed by atoms with Crippen LogP contribution in [0.1, 0.15) is 12.8 Å². The summed E-state index contributed by atoms with van der Waals surface area (Å²) in [6, 6.07) is 0. The fourth-order valence-electron chi connectivity index (χ4n) is 0.832. The van der Waals surface area contributed by atoms with Crippen LogP contribution in [0.5, 0.6) is 0 Å². The van der Waals surface area contributed by atoms with Gasteiger partial charge in [-0.3, -0.25) is 0 Å². The lowest BCUT2D eigenvalue weighted by atomic mass is 10.1. The van der Waals surface area contributed by atoms with E-state index in [0.717, 1.165) is 6.54 Å². The molecule has 0 radical (unpaired) electrons. The topological polar surface area (TPSA) is 12.0 Å². The molecule has 0 aliphatic carbocycles. The van der Waals surface area contributed by atoms with Crippen molar-refractivity contribution in [1.82, 2.24) is 5.32 Å². The van der Waals surface area contributed by atoms with Gasteiger partial charge in [0.1, 0.15) is 0 Å². The van der Waals surface area contributed by atoms with Gasteiger partial charge < -0.3 is 5.32 Å². The molecular formula is C5H13F2NSi. The molecule has 0 spiro atoms. The zero-order valence-corrected chi connectivity index (χ0v) is 4.58. The van der Waals surface area contributed by atoms with Crippen LogP contribution in [0, 0.1) is 0 Å². The van der Waals surface area contributed by atoms with Crippen molar-refractivity contribution in [3.05, 3.63) is 0 Å². The summed E-state index contributed by atoms with van der Waals surface area (Å²) < 4.78 is 24.3. The molecule has 0 unspecified atom stereocenters. The lowest BCUT2D eigenvalue weighted by Crippen LogP contribution is -2.38. The fourth-order valence-corrected chi connectivity index (χ4v) is 0.832. The zero-order chi connectivity index (χ0) is 6.04. The Kier molecular flexibility index (Phi) is 3.28. The standard InChI is InChI=1S/C5H9F2N.H4Si/c6-5(7)2-1-3-8-4-5;/h8H,1-4H2;1H4. The van der Waals surface area contributed by atoms with Gasteiger partial charge in [0.05, 0.1) is 6.54 Å². The minimum atomic E-state index is -2.43. The third-order valence-corrected chi connectivity index (χ3v) is 1.28. The Hall–Kier alpha value is 0.0369. The van der Waals surface area contributed by atoms with E-state index in [9.17, 15) is 8.78 Å². The van der Waals surface area contributed by atoms with Gasteiger partial charge in [-0.1, -0.05) is 0 Å². The molecule has 1 aliphatic rings. The maximum atomic E-state index is 12.1. The summed E-state index contributed by atoms with van der Waals surface area (Å²) in [6.07, 6.45) is 0.660. The smallest absolute Gasteiger partial charge is 0.260 e. The lowest BCUT2D eigenvalue weighted by molar-refractivity contribution is -0.0208. The molecule has 0 aromatic carbocycles. The molecule has 0 saturated carbocycles. The first-order chi connectivity index (χ1) is 3.71. The average molecular weight is 153 g/mol. The number of hydrogen-bond acceptors (Lipinski definition) is 1. The van der Waals surface area contributed by atoms with Gasteiger partial charge in [0.2, 0.25) is 0 Å². The van der Waals surface area contributed by atoms with Crippen molar-refractivity contribution in [2.45, 2.75) is 18.8 Å². The van der Waals surface area contributed by atoms with Crippen LogP contribution in [0.3, 0.4) is 0 Å². The van der Waals surface area contributed by atoms with Gasteiger partial charge in [-0.2, -0.15) is 0 Å². The van der Waals surface area contributed by atoms with Gasteiger partial charge in [0.25, 0.3) is 5.92 Å². The normalized spacial score (nSPS) is 24.7. The Morgan fingerprint density at radius 1 is 1.33 bits per heavy atom. The number of alkyl halides is 2. The monoisotopic (exact) mass is 153 g/mol. The van der Waals surface area contributed by atoms with Crippen LogP contribution < -0.4 is 5.32 Å². The van der Waals surface area contributed by atoms with Gasteiger partial charge in [0, 0.05) is 6.42 Å². The van der Waals surface area contributed by atoms with E-state index in [1.807, 2.05) is 0 Å². The van der Waals surface area contributed by atoms with Crippen molar-refractivity contribution >= 4 is 11.0 Å². The summed E-state index contributed by atoms with van der Waals surface area (Å²) in [4.78, 5) is 0. The summed E-state index contributed by atoms with van der Waals surface area (Å²) >= 11 is 0. The van der Waals surface area contributed by atoms with Crippen LogP contribution in [-0.4, -0.2) is 30.0 Å². The second kappa shape index (κ2) is 3.27. The predicted molar refractivity (Wildman–Crippen MR) is 38.4 cm³/mol. The molecule has 0 bridgehead atoms. The van der Waals surface area contributed by atoms with Crippen molar-refractivity contribution in [2.24, 2.45) is 0 Å². The molecule has 0 aromatic rings. The van der Waals surface area contributed by atoms with E-state index >= 15 is 0 Å². The number of halogens is 2. The second-order valence-corrected chi connectivity index (χ2v) is 2.14. The summed E-state index contributed by atoms with van der Waals surface area (Å²) in [5.74, 6) is -2.43. The van der Waals surface area contributed by atoms with Gasteiger partial charge in [-0.05, 0) is 23.9 Å². The molecule has 4 heteroatoms. The Morgan fingerprint density at radius 3 is 2.22 bits per heavy atom. The molecular weight excluding hydrogens is 140 g/mol. The maximum Gasteiger partial charge on any atom is 0.260 e. The summed E-state index contributed by atoms with van der Waals surface area (Å²) in [5.41, 5.74) is 0. The van der Waals surface area contributed by atoms with Crippen molar-refractivity contribution < 1.29 is 8.78 Å². The number of nitrogens with one attached hydrogen (secondary N) is 1. The summed E-state index contributed by atoms with van der Waals surface area (Å²) in [7, 11) is 0. The van der Waals surface area contributed by atoms with E-state index in [-0.39, 0.29) is 23.9 Å². The van der Waals surface area contributed by atoms with Gasteiger partial charge >= 0.3 is 0 Å². The molecule has 0 aromatic heterocycles. The molecule has 9 heavy (non-hydrogen) atoms. The number of piperidine rings is 1. The second-order valence-electron chi connectivity index (χ2n) is 2.14. The average Bonchev–Trinajstić information content (AvgIpc) is 1.65. The van der Waals surface area contributed by atoms with Crippen molar-refractivity contribution in [3.8, 4) is 0 Å². The third-order valence-electron chi connectivity index (χ3n) is 1.28. The minimum absolute atomic E-state index is 0. The van der Waals surface area contributed by atoms with E-state index in [4.69, 9.17) is 0 Å². The highest BCUT2D eigenvalue weighted by atomic mass is 28.1. The van der Waals surface area contributed by atoms with E-state index in [2.05, 4.69) is 5.32 Å². The molecule has 1 heterocycles. The largest absolute Gasteiger partial charge is 0.311 e. The van der Waals surface area contributed by atoms with Crippen LogP contribution >= 0.6 is 0 Å². The molecule has 0 atom stereocenters. The summed E-state index contributed by atoms with van der Waals surface area (Å²) in [5, 5.41) is 2.62. The highest BCUT2D eigenvalue weighted by Gasteiger charge is 2.30. The Balaban J connectivity index is 0.000000640. The third kappa shape index (κ3) is 2.91. The lowest BCUT2D eigenvalue weighted by Gasteiger charge is -2.21. The number of rotatable bonds is 0. The van der Waals surface area contributed by atoms with Gasteiger partial charge in [-0.25, -0.2) is 8.78 Å². The quantitative estimate of drug-likeness (QED) is 0.465. The molecule has 56 valence electrons. The van der Waals surface area contributed by atoms with E-state index < -0.39 is 5.92 Å². The van der Waals surface area contributed by atoms with Crippen LogP contribution in [-0.2, 0) is 0 Å². The maximum absolute atomic E-state index is 12.1. The van der Waals surface area contributed by atoms with Crippen LogP contribution in [0.4, 0.5) is 8.78 Å². The zero-order valence-electron chi connectivity index (χ0n) is 4.58. The molecule has 1 saturated heterocycles. The van der Waals surface area contributed by atoms with E-state index in [0.29, 0.717) is 6.42 Å². The van der Waals surface area contributed by atoms with E-state index in [1.165, 1.54) is 0 Å². The highest BCUT2D eigenvalue weighted by Crippen LogP contribution is 2.21. The van der Waals surface area contributed by atoms with Gasteiger partial charge in [-0.15, -0.1) is 0 Å². The first-order valence-corrected chi connectivity index (χ1v) is 2.79. The molecule has 1 fully saturated rings. The molecule has 0 amide bonds. The fraction of sp³-hybridized carbons (Fsp3) is 1.00. The first kappa shape index (κ1) is 9.04. The predicted octanol–water partition coefficient (Wildman–Crippen LogP) is -0.447. The molecule has 1 aliphatic heterocycles. The van der Waals surface area contributed by atoms with Crippen molar-refractivity contribution in [2.75, 3.05) is 13.1 Å². The molecule has 1 rings (SSSR count). The van der Waals surface area contributed by atoms with Crippen LogP contribution in [0.25, 0.3) is 0 Å². The Bertz CT molecular complexity index is 79.0. The van der Waals surface area contributed by atoms with E-state index in [1.54, 1.807) is 0 Å². The summed E-state index contributed by atoms with van der Waals surface area (Å²) in [6.45, 7) is 0.614. The highest BCUT2D eigenvalue weighted by molar-refractivity contribution is 5.75. The SMILES string of the molecule is FC1(F)CCCNC1.[SiH4]. The molecule has 1 N–H and O–H groups in total. The molecule has 1 nitrogen and oxygen atoms in total. The minimum Gasteiger partial charge on any atom is -0.311 e. The van der Waals surface area contributed by atoms with Crippen molar-refractivity contribution in [1.29, 1.82) is 0 Å². The van der Waals surface area contributed by atoms with Crippen LogP contribution in [0.2, 0.25) is 0 Å². The Morgan fingerprint density at radius 2 is 2.00 bits per heavy atom. The van der Waals surface area contributed by atoms with Crippen LogP contribution in [0.15, 0.2) is 0 Å². The Labute approximate surface area is 57.8 Å². The first-order valence-electron chi connectivity index (χ1n) is 2.79.